The summed E-state index contributed by atoms with van der Waals surface area (Å²) in [7, 11) is 0. The SMILES string of the molecule is CC/C=C/CCc1ccc(-c2ccc(-c3ccc(C4CCC(CCCCCCCC)CO4)c(F)c3)cc2)c(F)c1F. The van der Waals surface area contributed by atoms with Gasteiger partial charge < -0.3 is 4.74 Å². The third kappa shape index (κ3) is 8.58. The maximum absolute atomic E-state index is 15.2. The fraction of sp³-hybridized carbons (Fsp3) is 0.459. The molecule has 41 heavy (non-hydrogen) atoms. The molecule has 0 bridgehead atoms. The van der Waals surface area contributed by atoms with Crippen LogP contribution in [0.4, 0.5) is 13.2 Å². The molecule has 0 radical (unpaired) electrons. The lowest BCUT2D eigenvalue weighted by molar-refractivity contribution is -0.0215. The molecule has 0 N–H and O–H groups in total. The van der Waals surface area contributed by atoms with Gasteiger partial charge in [-0.15, -0.1) is 0 Å². The van der Waals surface area contributed by atoms with E-state index in [0.717, 1.165) is 30.4 Å². The molecule has 0 aliphatic carbocycles. The van der Waals surface area contributed by atoms with E-state index >= 15 is 4.39 Å². The Hall–Kier alpha value is -2.85. The van der Waals surface area contributed by atoms with Crippen LogP contribution in [0.2, 0.25) is 0 Å². The molecular formula is C37H45F3O. The van der Waals surface area contributed by atoms with Crippen molar-refractivity contribution in [2.45, 2.75) is 97.0 Å². The maximum Gasteiger partial charge on any atom is 0.166 e. The standard InChI is InChI=1S/C37H45F3O/c1-3-5-7-9-10-11-13-27-15-24-35(41-26-27)33-23-21-31(25-34(33)38)28-16-18-29(19-17-28)32-22-20-30(36(39)37(32)40)14-12-8-6-4-2/h6,8,16-23,25,27,35H,3-5,7,9-15,24,26H2,1-2H3/b8-6+. The molecule has 0 amide bonds. The summed E-state index contributed by atoms with van der Waals surface area (Å²) in [5, 5.41) is 0. The number of hydrogen-bond acceptors (Lipinski definition) is 1. The molecule has 1 aliphatic heterocycles. The zero-order valence-electron chi connectivity index (χ0n) is 24.7. The molecule has 0 aromatic heterocycles. The van der Waals surface area contributed by atoms with Crippen molar-refractivity contribution in [3.63, 3.8) is 0 Å². The van der Waals surface area contributed by atoms with E-state index in [-0.39, 0.29) is 17.5 Å². The Kier molecular flexibility index (Phi) is 12.1. The zero-order valence-corrected chi connectivity index (χ0v) is 24.7. The van der Waals surface area contributed by atoms with E-state index in [0.29, 0.717) is 42.1 Å². The minimum absolute atomic E-state index is 0.198. The van der Waals surface area contributed by atoms with Gasteiger partial charge in [0, 0.05) is 11.1 Å². The topological polar surface area (TPSA) is 9.23 Å². The predicted molar refractivity (Wildman–Crippen MR) is 164 cm³/mol. The quantitative estimate of drug-likeness (QED) is 0.140. The van der Waals surface area contributed by atoms with Gasteiger partial charge in [-0.3, -0.25) is 0 Å². The molecule has 3 aromatic carbocycles. The summed E-state index contributed by atoms with van der Waals surface area (Å²) in [6, 6.07) is 15.8. The van der Waals surface area contributed by atoms with Crippen molar-refractivity contribution >= 4 is 0 Å². The molecule has 1 heterocycles. The normalized spacial score (nSPS) is 17.4. The smallest absolute Gasteiger partial charge is 0.166 e. The van der Waals surface area contributed by atoms with E-state index in [9.17, 15) is 8.78 Å². The first-order valence-electron chi connectivity index (χ1n) is 15.7. The Labute approximate surface area is 244 Å². The third-order valence-electron chi connectivity index (χ3n) is 8.36. The molecule has 0 spiro atoms. The minimum atomic E-state index is -0.827. The van der Waals surface area contributed by atoms with Gasteiger partial charge in [0.15, 0.2) is 11.6 Å². The van der Waals surface area contributed by atoms with Gasteiger partial charge >= 0.3 is 0 Å². The molecule has 4 rings (SSSR count). The Morgan fingerprint density at radius 1 is 0.756 bits per heavy atom. The molecular weight excluding hydrogens is 517 g/mol. The van der Waals surface area contributed by atoms with Crippen LogP contribution in [0.3, 0.4) is 0 Å². The van der Waals surface area contributed by atoms with E-state index < -0.39 is 11.6 Å². The van der Waals surface area contributed by atoms with Gasteiger partial charge in [-0.05, 0) is 72.8 Å². The monoisotopic (exact) mass is 562 g/mol. The largest absolute Gasteiger partial charge is 0.373 e. The average Bonchev–Trinajstić information content (AvgIpc) is 3.00. The molecule has 2 atom stereocenters. The summed E-state index contributed by atoms with van der Waals surface area (Å²) < 4.78 is 50.9. The van der Waals surface area contributed by atoms with Crippen LogP contribution in [0.25, 0.3) is 22.3 Å². The zero-order chi connectivity index (χ0) is 29.0. The lowest BCUT2D eigenvalue weighted by atomic mass is 9.90. The van der Waals surface area contributed by atoms with Crippen molar-refractivity contribution in [1.82, 2.24) is 0 Å². The van der Waals surface area contributed by atoms with Crippen LogP contribution in [-0.4, -0.2) is 6.61 Å². The number of hydrogen-bond donors (Lipinski definition) is 0. The highest BCUT2D eigenvalue weighted by Gasteiger charge is 2.25. The Morgan fingerprint density at radius 3 is 2.20 bits per heavy atom. The fourth-order valence-electron chi connectivity index (χ4n) is 5.83. The highest BCUT2D eigenvalue weighted by molar-refractivity contribution is 5.71. The van der Waals surface area contributed by atoms with Gasteiger partial charge in [0.2, 0.25) is 0 Å². The third-order valence-corrected chi connectivity index (χ3v) is 8.36. The number of aryl methyl sites for hydroxylation is 1. The summed E-state index contributed by atoms with van der Waals surface area (Å²) in [6.07, 6.45) is 16.9. The van der Waals surface area contributed by atoms with Crippen LogP contribution >= 0.6 is 0 Å². The molecule has 1 aliphatic rings. The summed E-state index contributed by atoms with van der Waals surface area (Å²) in [6.45, 7) is 4.99. The van der Waals surface area contributed by atoms with E-state index in [1.54, 1.807) is 30.3 Å². The van der Waals surface area contributed by atoms with E-state index in [2.05, 4.69) is 6.92 Å². The van der Waals surface area contributed by atoms with Crippen molar-refractivity contribution in [3.8, 4) is 22.3 Å². The van der Waals surface area contributed by atoms with Crippen LogP contribution in [0.5, 0.6) is 0 Å². The van der Waals surface area contributed by atoms with Crippen LogP contribution < -0.4 is 0 Å². The summed E-state index contributed by atoms with van der Waals surface area (Å²) in [4.78, 5) is 0. The molecule has 4 heteroatoms. The number of ether oxygens (including phenoxy) is 1. The maximum atomic E-state index is 15.2. The van der Waals surface area contributed by atoms with Gasteiger partial charge in [-0.25, -0.2) is 13.2 Å². The van der Waals surface area contributed by atoms with E-state index in [4.69, 9.17) is 4.74 Å². The average molecular weight is 563 g/mol. The second kappa shape index (κ2) is 16.0. The van der Waals surface area contributed by atoms with Gasteiger partial charge in [0.1, 0.15) is 5.82 Å². The first kappa shape index (κ1) is 31.1. The Bertz CT molecular complexity index is 1260. The fourth-order valence-corrected chi connectivity index (χ4v) is 5.83. The highest BCUT2D eigenvalue weighted by Crippen LogP contribution is 2.36. The van der Waals surface area contributed by atoms with Crippen LogP contribution in [-0.2, 0) is 11.2 Å². The molecule has 0 saturated carbocycles. The Balaban J connectivity index is 1.34. The van der Waals surface area contributed by atoms with Gasteiger partial charge in [0.05, 0.1) is 12.7 Å². The molecule has 220 valence electrons. The minimum Gasteiger partial charge on any atom is -0.373 e. The van der Waals surface area contributed by atoms with E-state index in [1.165, 1.54) is 44.9 Å². The lowest BCUT2D eigenvalue weighted by Gasteiger charge is -2.29. The number of benzene rings is 3. The predicted octanol–water partition coefficient (Wildman–Crippen LogP) is 11.6. The lowest BCUT2D eigenvalue weighted by Crippen LogP contribution is -2.21. The molecule has 2 unspecified atom stereocenters. The van der Waals surface area contributed by atoms with Crippen molar-refractivity contribution in [2.24, 2.45) is 5.92 Å². The summed E-state index contributed by atoms with van der Waals surface area (Å²) in [5.41, 5.74) is 3.39. The Morgan fingerprint density at radius 2 is 1.49 bits per heavy atom. The summed E-state index contributed by atoms with van der Waals surface area (Å²) >= 11 is 0. The van der Waals surface area contributed by atoms with Crippen LogP contribution in [0.1, 0.15) is 102 Å². The van der Waals surface area contributed by atoms with Crippen molar-refractivity contribution in [2.75, 3.05) is 6.61 Å². The second-order valence-electron chi connectivity index (χ2n) is 11.5. The molecule has 3 aromatic rings. The first-order valence-corrected chi connectivity index (χ1v) is 15.7. The number of halogens is 3. The molecule has 1 nitrogen and oxygen atoms in total. The number of rotatable bonds is 14. The first-order chi connectivity index (χ1) is 20.0. The van der Waals surface area contributed by atoms with E-state index in [1.807, 2.05) is 43.3 Å². The van der Waals surface area contributed by atoms with Crippen molar-refractivity contribution < 1.29 is 17.9 Å². The van der Waals surface area contributed by atoms with Crippen LogP contribution in [0, 0.1) is 23.4 Å². The van der Waals surface area contributed by atoms with Gasteiger partial charge in [0.25, 0.3) is 0 Å². The number of unbranched alkanes of at least 4 members (excludes halogenated alkanes) is 5. The van der Waals surface area contributed by atoms with Crippen molar-refractivity contribution in [3.05, 3.63) is 95.3 Å². The van der Waals surface area contributed by atoms with Crippen molar-refractivity contribution in [1.29, 1.82) is 0 Å². The molecule has 1 fully saturated rings. The highest BCUT2D eigenvalue weighted by atomic mass is 19.2. The second-order valence-corrected chi connectivity index (χ2v) is 11.5. The van der Waals surface area contributed by atoms with Crippen LogP contribution in [0.15, 0.2) is 66.7 Å². The van der Waals surface area contributed by atoms with Gasteiger partial charge in [-0.1, -0.05) is 113 Å². The molecule has 1 saturated heterocycles. The number of allylic oxidation sites excluding steroid dienone is 2. The summed E-state index contributed by atoms with van der Waals surface area (Å²) in [5.74, 6) is -1.29. The van der Waals surface area contributed by atoms with Gasteiger partial charge in [-0.2, -0.15) is 0 Å².